The maximum absolute atomic E-state index is 12.9. The first-order valence-electron chi connectivity index (χ1n) is 12.3. The highest BCUT2D eigenvalue weighted by Crippen LogP contribution is 2.36. The van der Waals surface area contributed by atoms with Crippen molar-refractivity contribution in [3.8, 4) is 11.5 Å². The molecule has 3 aromatic rings. The average Bonchev–Trinajstić information content (AvgIpc) is 3.18. The lowest BCUT2D eigenvalue weighted by atomic mass is 10.1. The topological polar surface area (TPSA) is 162 Å². The van der Waals surface area contributed by atoms with Crippen LogP contribution in [0.3, 0.4) is 0 Å². The normalized spacial score (nSPS) is 14.3. The molecule has 0 spiro atoms. The summed E-state index contributed by atoms with van der Waals surface area (Å²) in [7, 11) is -3.19. The molecule has 218 valence electrons. The number of imide groups is 1. The number of rotatable bonds is 9. The summed E-state index contributed by atoms with van der Waals surface area (Å²) in [6, 6.07) is 13.0. The second-order valence-corrected chi connectivity index (χ2v) is 11.8. The zero-order valence-corrected chi connectivity index (χ0v) is 24.5. The van der Waals surface area contributed by atoms with Crippen LogP contribution in [0.1, 0.15) is 22.3 Å². The van der Waals surface area contributed by atoms with Crippen LogP contribution in [0.25, 0.3) is 6.08 Å². The number of aryl methyl sites for hydroxylation is 3. The minimum atomic E-state index is -4.46. The molecular formula is C28H25N3O9S2. The zero-order chi connectivity index (χ0) is 30.8. The van der Waals surface area contributed by atoms with E-state index in [-0.39, 0.29) is 27.7 Å². The summed E-state index contributed by atoms with van der Waals surface area (Å²) in [4.78, 5) is 49.0. The Morgan fingerprint density at radius 1 is 1.02 bits per heavy atom. The Morgan fingerprint density at radius 2 is 1.76 bits per heavy atom. The number of nitro benzene ring substituents is 1. The predicted molar refractivity (Wildman–Crippen MR) is 156 cm³/mol. The van der Waals surface area contributed by atoms with Crippen LogP contribution >= 0.6 is 11.8 Å². The molecule has 1 fully saturated rings. The van der Waals surface area contributed by atoms with Gasteiger partial charge in [0.2, 0.25) is 5.91 Å². The zero-order valence-electron chi connectivity index (χ0n) is 22.9. The number of hydrogen-bond donors (Lipinski definition) is 1. The van der Waals surface area contributed by atoms with Gasteiger partial charge in [-0.05, 0) is 74.0 Å². The average molecular weight is 612 g/mol. The minimum Gasteiger partial charge on any atom is -0.493 e. The summed E-state index contributed by atoms with van der Waals surface area (Å²) >= 11 is 0.655. The molecule has 4 rings (SSSR count). The van der Waals surface area contributed by atoms with Crippen molar-refractivity contribution in [3.05, 3.63) is 91.9 Å². The number of nitrogens with zero attached hydrogens (tertiary/aromatic N) is 2. The maximum Gasteiger partial charge on any atom is 0.339 e. The van der Waals surface area contributed by atoms with Crippen molar-refractivity contribution < 1.29 is 36.6 Å². The molecule has 3 amide bonds. The lowest BCUT2D eigenvalue weighted by Crippen LogP contribution is -2.36. The van der Waals surface area contributed by atoms with Gasteiger partial charge in [-0.25, -0.2) is 0 Å². The van der Waals surface area contributed by atoms with E-state index >= 15 is 0 Å². The van der Waals surface area contributed by atoms with Gasteiger partial charge in [-0.1, -0.05) is 29.8 Å². The molecule has 0 bridgehead atoms. The van der Waals surface area contributed by atoms with Crippen LogP contribution in [0.2, 0.25) is 0 Å². The van der Waals surface area contributed by atoms with Gasteiger partial charge in [0.25, 0.3) is 16.8 Å². The van der Waals surface area contributed by atoms with Crippen LogP contribution in [-0.4, -0.2) is 48.9 Å². The first kappa shape index (κ1) is 30.3. The number of methoxy groups -OCH3 is 1. The molecule has 1 heterocycles. The quantitative estimate of drug-likeness (QED) is 0.151. The number of benzene rings is 3. The molecule has 0 aromatic heterocycles. The van der Waals surface area contributed by atoms with Crippen LogP contribution in [-0.2, 0) is 19.7 Å². The molecule has 0 atom stereocenters. The van der Waals surface area contributed by atoms with E-state index in [4.69, 9.17) is 8.92 Å². The van der Waals surface area contributed by atoms with Crippen molar-refractivity contribution in [3.63, 3.8) is 0 Å². The Bertz CT molecular complexity index is 1770. The second kappa shape index (κ2) is 12.0. The standard InChI is InChI=1S/C28H25N3O9S2/c1-16-5-9-21(18(3)11-16)29-26(32)15-30-27(33)25(41-28(30)34)13-19-7-10-23(24(12-19)39-4)40-42(37,38)20-8-6-17(2)22(14-20)31(35)36/h5-14H,15H2,1-4H3,(H,29,32)/b25-13-. The van der Waals surface area contributed by atoms with Crippen molar-refractivity contribution in [1.29, 1.82) is 0 Å². The van der Waals surface area contributed by atoms with Gasteiger partial charge in [-0.3, -0.25) is 29.4 Å². The fourth-order valence-corrected chi connectivity index (χ4v) is 5.82. The van der Waals surface area contributed by atoms with E-state index in [2.05, 4.69) is 5.32 Å². The molecule has 1 N–H and O–H groups in total. The van der Waals surface area contributed by atoms with Crippen molar-refractivity contribution >= 4 is 56.4 Å². The summed E-state index contributed by atoms with van der Waals surface area (Å²) in [5.74, 6) is -1.41. The third kappa shape index (κ3) is 6.61. The van der Waals surface area contributed by atoms with Crippen LogP contribution in [0.4, 0.5) is 16.2 Å². The number of carbonyl (C=O) groups is 3. The summed E-state index contributed by atoms with van der Waals surface area (Å²) < 4.78 is 36.1. The van der Waals surface area contributed by atoms with Crippen LogP contribution in [0, 0.1) is 30.9 Å². The Hall–Kier alpha value is -4.69. The first-order valence-corrected chi connectivity index (χ1v) is 14.5. The van der Waals surface area contributed by atoms with Gasteiger partial charge in [0.1, 0.15) is 11.4 Å². The van der Waals surface area contributed by atoms with E-state index in [1.54, 1.807) is 6.07 Å². The molecule has 0 saturated carbocycles. The molecule has 42 heavy (non-hydrogen) atoms. The van der Waals surface area contributed by atoms with Gasteiger partial charge in [0, 0.05) is 17.3 Å². The summed E-state index contributed by atoms with van der Waals surface area (Å²) in [6.07, 6.45) is 1.40. The number of nitrogens with one attached hydrogen (secondary N) is 1. The SMILES string of the molecule is COc1cc(/C=C2\SC(=O)N(CC(=O)Nc3ccc(C)cc3C)C2=O)ccc1OS(=O)(=O)c1ccc(C)c([N+](=O)[O-])c1. The Balaban J connectivity index is 1.50. The number of ether oxygens (including phenoxy) is 1. The Kier molecular flexibility index (Phi) is 8.68. The van der Waals surface area contributed by atoms with Crippen molar-refractivity contribution in [2.24, 2.45) is 0 Å². The van der Waals surface area contributed by atoms with E-state index in [9.17, 15) is 32.9 Å². The molecule has 0 radical (unpaired) electrons. The van der Waals surface area contributed by atoms with Gasteiger partial charge >= 0.3 is 10.1 Å². The van der Waals surface area contributed by atoms with Gasteiger partial charge in [0.15, 0.2) is 11.5 Å². The summed E-state index contributed by atoms with van der Waals surface area (Å²) in [6.45, 7) is 4.76. The number of anilines is 1. The third-order valence-electron chi connectivity index (χ3n) is 6.18. The minimum absolute atomic E-state index is 0.0130. The van der Waals surface area contributed by atoms with Crippen molar-refractivity contribution in [2.75, 3.05) is 19.0 Å². The molecule has 0 aliphatic carbocycles. The van der Waals surface area contributed by atoms with Crippen LogP contribution in [0.15, 0.2) is 64.4 Å². The van der Waals surface area contributed by atoms with Crippen LogP contribution in [0.5, 0.6) is 11.5 Å². The van der Waals surface area contributed by atoms with Gasteiger partial charge < -0.3 is 14.2 Å². The van der Waals surface area contributed by atoms with Crippen LogP contribution < -0.4 is 14.2 Å². The fraction of sp³-hybridized carbons (Fsp3) is 0.179. The molecule has 1 aliphatic rings. The van der Waals surface area contributed by atoms with Gasteiger partial charge in [-0.15, -0.1) is 0 Å². The molecule has 3 aromatic carbocycles. The molecular weight excluding hydrogens is 586 g/mol. The highest BCUT2D eigenvalue weighted by Gasteiger charge is 2.36. The molecule has 0 unspecified atom stereocenters. The fourth-order valence-electron chi connectivity index (χ4n) is 4.03. The Labute approximate surface area is 245 Å². The number of thioether (sulfide) groups is 1. The molecule has 1 aliphatic heterocycles. The second-order valence-electron chi connectivity index (χ2n) is 9.29. The highest BCUT2D eigenvalue weighted by molar-refractivity contribution is 8.18. The highest BCUT2D eigenvalue weighted by atomic mass is 32.2. The first-order chi connectivity index (χ1) is 19.8. The lowest BCUT2D eigenvalue weighted by Gasteiger charge is -2.14. The monoisotopic (exact) mass is 611 g/mol. The maximum atomic E-state index is 12.9. The van der Waals surface area contributed by atoms with Crippen molar-refractivity contribution in [2.45, 2.75) is 25.7 Å². The predicted octanol–water partition coefficient (Wildman–Crippen LogP) is 4.97. The number of amides is 3. The van der Waals surface area contributed by atoms with E-state index < -0.39 is 43.5 Å². The van der Waals surface area contributed by atoms with E-state index in [1.807, 2.05) is 26.0 Å². The third-order valence-corrected chi connectivity index (χ3v) is 8.32. The number of nitro groups is 1. The molecule has 1 saturated heterocycles. The summed E-state index contributed by atoms with van der Waals surface area (Å²) in [5, 5.41) is 13.3. The van der Waals surface area contributed by atoms with Crippen molar-refractivity contribution in [1.82, 2.24) is 4.90 Å². The van der Waals surface area contributed by atoms with Gasteiger partial charge in [-0.2, -0.15) is 8.42 Å². The largest absolute Gasteiger partial charge is 0.493 e. The molecule has 14 heteroatoms. The Morgan fingerprint density at radius 3 is 2.43 bits per heavy atom. The number of hydrogen-bond acceptors (Lipinski definition) is 10. The van der Waals surface area contributed by atoms with Gasteiger partial charge in [0.05, 0.1) is 16.9 Å². The van der Waals surface area contributed by atoms with E-state index in [0.29, 0.717) is 23.0 Å². The van der Waals surface area contributed by atoms with E-state index in [0.717, 1.165) is 22.1 Å². The van der Waals surface area contributed by atoms with E-state index in [1.165, 1.54) is 50.4 Å². The smallest absolute Gasteiger partial charge is 0.339 e. The summed E-state index contributed by atoms with van der Waals surface area (Å²) in [5.41, 5.74) is 2.73. The number of carbonyl (C=O) groups excluding carboxylic acids is 3. The molecule has 12 nitrogen and oxygen atoms in total. The lowest BCUT2D eigenvalue weighted by molar-refractivity contribution is -0.385.